The summed E-state index contributed by atoms with van der Waals surface area (Å²) in [5, 5.41) is 2.96. The quantitative estimate of drug-likeness (QED) is 0.744. The topological polar surface area (TPSA) is 71.6 Å². The predicted molar refractivity (Wildman–Crippen MR) is 105 cm³/mol. The van der Waals surface area contributed by atoms with E-state index in [0.29, 0.717) is 23.8 Å². The van der Waals surface area contributed by atoms with Gasteiger partial charge in [-0.05, 0) is 50.6 Å². The number of fused-ring (bicyclic) bond motifs is 3. The number of piperidine rings is 1. The van der Waals surface area contributed by atoms with Crippen molar-refractivity contribution in [2.75, 3.05) is 19.6 Å². The first-order valence-electron chi connectivity index (χ1n) is 9.60. The van der Waals surface area contributed by atoms with Crippen LogP contribution in [0.4, 0.5) is 0 Å². The van der Waals surface area contributed by atoms with Crippen LogP contribution in [0.5, 0.6) is 0 Å². The molecular formula is C20H25N5O2. The first-order chi connectivity index (χ1) is 13.1. The summed E-state index contributed by atoms with van der Waals surface area (Å²) < 4.78 is 3.28. The molecule has 1 saturated heterocycles. The second-order valence-corrected chi connectivity index (χ2v) is 7.23. The van der Waals surface area contributed by atoms with Crippen molar-refractivity contribution in [1.29, 1.82) is 0 Å². The zero-order chi connectivity index (χ0) is 18.8. The van der Waals surface area contributed by atoms with Crippen molar-refractivity contribution in [2.45, 2.75) is 38.8 Å². The summed E-state index contributed by atoms with van der Waals surface area (Å²) >= 11 is 0. The van der Waals surface area contributed by atoms with Crippen LogP contribution in [0, 0.1) is 0 Å². The Morgan fingerprint density at radius 2 is 2.11 bits per heavy atom. The van der Waals surface area contributed by atoms with Crippen LogP contribution in [0.1, 0.15) is 26.2 Å². The van der Waals surface area contributed by atoms with Crippen LogP contribution in [-0.4, -0.2) is 50.4 Å². The van der Waals surface area contributed by atoms with Gasteiger partial charge in [0.25, 0.3) is 5.56 Å². The van der Waals surface area contributed by atoms with Crippen LogP contribution >= 0.6 is 0 Å². The minimum Gasteiger partial charge on any atom is -0.353 e. The number of aromatic nitrogens is 3. The number of nitrogens with one attached hydrogen (secondary N) is 1. The summed E-state index contributed by atoms with van der Waals surface area (Å²) in [6.07, 6.45) is 7.21. The van der Waals surface area contributed by atoms with E-state index in [1.165, 1.54) is 23.8 Å². The number of carbonyl (C=O) groups is 1. The normalized spacial score (nSPS) is 18.2. The third-order valence-corrected chi connectivity index (χ3v) is 5.46. The first kappa shape index (κ1) is 17.7. The zero-order valence-electron chi connectivity index (χ0n) is 15.6. The highest BCUT2D eigenvalue weighted by molar-refractivity contribution is 5.80. The van der Waals surface area contributed by atoms with Gasteiger partial charge in [-0.2, -0.15) is 0 Å². The van der Waals surface area contributed by atoms with E-state index in [-0.39, 0.29) is 18.0 Å². The summed E-state index contributed by atoms with van der Waals surface area (Å²) in [6.45, 7) is 4.75. The maximum atomic E-state index is 12.8. The Labute approximate surface area is 157 Å². The average Bonchev–Trinajstić information content (AvgIpc) is 3.17. The van der Waals surface area contributed by atoms with Crippen molar-refractivity contribution < 1.29 is 4.79 Å². The van der Waals surface area contributed by atoms with Crippen molar-refractivity contribution >= 4 is 22.6 Å². The molecular weight excluding hydrogens is 342 g/mol. The fourth-order valence-corrected chi connectivity index (χ4v) is 3.96. The molecule has 3 aromatic rings. The number of carbonyl (C=O) groups excluding carboxylic acids is 1. The summed E-state index contributed by atoms with van der Waals surface area (Å²) in [5.41, 5.74) is 1.68. The molecule has 4 heterocycles. The van der Waals surface area contributed by atoms with E-state index in [9.17, 15) is 9.59 Å². The van der Waals surface area contributed by atoms with Gasteiger partial charge in [0, 0.05) is 31.5 Å². The van der Waals surface area contributed by atoms with Crippen LogP contribution in [0.15, 0.2) is 41.5 Å². The fourth-order valence-electron chi connectivity index (χ4n) is 3.96. The second kappa shape index (κ2) is 7.52. The molecule has 1 atom stereocenters. The van der Waals surface area contributed by atoms with Crippen LogP contribution in [-0.2, 0) is 11.3 Å². The summed E-state index contributed by atoms with van der Waals surface area (Å²) in [4.78, 5) is 32.1. The Morgan fingerprint density at radius 3 is 2.96 bits per heavy atom. The molecule has 7 heteroatoms. The van der Waals surface area contributed by atoms with E-state index in [1.807, 2.05) is 28.8 Å². The van der Waals surface area contributed by atoms with Gasteiger partial charge >= 0.3 is 0 Å². The smallest absolute Gasteiger partial charge is 0.276 e. The number of rotatable bonds is 5. The maximum Gasteiger partial charge on any atom is 0.276 e. The Kier molecular flexibility index (Phi) is 4.94. The number of nitrogens with zero attached hydrogens (tertiary/aromatic N) is 4. The Balaban J connectivity index is 1.50. The molecule has 0 aliphatic carbocycles. The monoisotopic (exact) mass is 367 g/mol. The molecule has 0 bridgehead atoms. The highest BCUT2D eigenvalue weighted by Crippen LogP contribution is 2.15. The van der Waals surface area contributed by atoms with E-state index in [0.717, 1.165) is 18.6 Å². The highest BCUT2D eigenvalue weighted by Gasteiger charge is 2.18. The van der Waals surface area contributed by atoms with Crippen molar-refractivity contribution in [3.05, 3.63) is 47.0 Å². The van der Waals surface area contributed by atoms with Crippen molar-refractivity contribution in [1.82, 2.24) is 24.2 Å². The largest absolute Gasteiger partial charge is 0.353 e. The summed E-state index contributed by atoms with van der Waals surface area (Å²) in [7, 11) is 0. The Morgan fingerprint density at radius 1 is 1.26 bits per heavy atom. The molecule has 1 fully saturated rings. The van der Waals surface area contributed by atoms with Crippen LogP contribution in [0.25, 0.3) is 16.7 Å². The minimum absolute atomic E-state index is 0.0242. The van der Waals surface area contributed by atoms with Gasteiger partial charge in [-0.1, -0.05) is 6.42 Å². The van der Waals surface area contributed by atoms with Crippen LogP contribution < -0.4 is 10.9 Å². The minimum atomic E-state index is -0.203. The van der Waals surface area contributed by atoms with Gasteiger partial charge in [-0.25, -0.2) is 4.98 Å². The molecule has 0 spiro atoms. The molecule has 1 N–H and O–H groups in total. The molecule has 27 heavy (non-hydrogen) atoms. The predicted octanol–water partition coefficient (Wildman–Crippen LogP) is 1.64. The first-order valence-corrected chi connectivity index (χ1v) is 9.60. The fraction of sp³-hybridized carbons (Fsp3) is 0.450. The zero-order valence-corrected chi connectivity index (χ0v) is 15.6. The van der Waals surface area contributed by atoms with Crippen molar-refractivity contribution in [3.63, 3.8) is 0 Å². The molecule has 1 aliphatic rings. The summed E-state index contributed by atoms with van der Waals surface area (Å²) in [5.74, 6) is -0.162. The number of pyridine rings is 1. The van der Waals surface area contributed by atoms with Gasteiger partial charge in [-0.15, -0.1) is 0 Å². The second-order valence-electron chi connectivity index (χ2n) is 7.23. The molecule has 0 unspecified atom stereocenters. The van der Waals surface area contributed by atoms with E-state index < -0.39 is 0 Å². The molecule has 1 amide bonds. The third kappa shape index (κ3) is 3.47. The van der Waals surface area contributed by atoms with E-state index >= 15 is 0 Å². The molecule has 0 radical (unpaired) electrons. The SMILES string of the molecule is C[C@H]1CCCCN1CCNC(=O)Cn1c(=O)c2cccn2c2cccnc21. The highest BCUT2D eigenvalue weighted by atomic mass is 16.2. The molecule has 1 aliphatic heterocycles. The Bertz CT molecular complexity index is 1020. The van der Waals surface area contributed by atoms with Gasteiger partial charge in [0.1, 0.15) is 12.1 Å². The van der Waals surface area contributed by atoms with Gasteiger partial charge in [0.05, 0.1) is 5.52 Å². The van der Waals surface area contributed by atoms with Gasteiger partial charge in [-0.3, -0.25) is 19.1 Å². The number of hydrogen-bond donors (Lipinski definition) is 1. The lowest BCUT2D eigenvalue weighted by Crippen LogP contribution is -2.43. The third-order valence-electron chi connectivity index (χ3n) is 5.46. The number of hydrogen-bond acceptors (Lipinski definition) is 4. The molecule has 142 valence electrons. The lowest BCUT2D eigenvalue weighted by molar-refractivity contribution is -0.121. The maximum absolute atomic E-state index is 12.8. The van der Waals surface area contributed by atoms with Crippen molar-refractivity contribution in [3.8, 4) is 0 Å². The number of amides is 1. The van der Waals surface area contributed by atoms with Gasteiger partial charge in [0.15, 0.2) is 5.65 Å². The molecule has 0 saturated carbocycles. The van der Waals surface area contributed by atoms with Gasteiger partial charge < -0.3 is 9.72 Å². The number of likely N-dealkylation sites (tertiary alicyclic amines) is 1. The lowest BCUT2D eigenvalue weighted by atomic mass is 10.0. The molecule has 0 aromatic carbocycles. The molecule has 4 rings (SSSR count). The standard InChI is InChI=1S/C20H25N5O2/c1-15-6-2-3-11-23(15)13-10-21-18(26)14-25-19-16(7-4-9-22-19)24-12-5-8-17(24)20(25)27/h4-5,7-9,12,15H,2-3,6,10-11,13-14H2,1H3,(H,21,26)/t15-/m0/s1. The van der Waals surface area contributed by atoms with E-state index in [2.05, 4.69) is 22.1 Å². The van der Waals surface area contributed by atoms with Crippen LogP contribution in [0.3, 0.4) is 0 Å². The molecule has 7 nitrogen and oxygen atoms in total. The van der Waals surface area contributed by atoms with Gasteiger partial charge in [0.2, 0.25) is 5.91 Å². The Hall–Kier alpha value is -2.67. The van der Waals surface area contributed by atoms with E-state index in [1.54, 1.807) is 12.3 Å². The molecule has 3 aromatic heterocycles. The average molecular weight is 367 g/mol. The summed E-state index contributed by atoms with van der Waals surface area (Å²) in [6, 6.07) is 7.90. The van der Waals surface area contributed by atoms with E-state index in [4.69, 9.17) is 0 Å². The van der Waals surface area contributed by atoms with Crippen molar-refractivity contribution in [2.24, 2.45) is 0 Å². The van der Waals surface area contributed by atoms with Crippen LogP contribution in [0.2, 0.25) is 0 Å². The lowest BCUT2D eigenvalue weighted by Gasteiger charge is -2.33.